The number of hydrogen-bond donors (Lipinski definition) is 1. The summed E-state index contributed by atoms with van der Waals surface area (Å²) in [5.41, 5.74) is 0.426. The molecule has 2 aromatic carbocycles. The summed E-state index contributed by atoms with van der Waals surface area (Å²) in [5.74, 6) is 0.140. The van der Waals surface area contributed by atoms with Crippen LogP contribution in [0.2, 0.25) is 10.0 Å². The van der Waals surface area contributed by atoms with E-state index in [1.807, 2.05) is 0 Å². The van der Waals surface area contributed by atoms with Crippen LogP contribution in [0.4, 0.5) is 11.4 Å². The molecule has 2 rings (SSSR count). The number of ketones is 1. The summed E-state index contributed by atoms with van der Waals surface area (Å²) in [5, 5.41) is 11.1. The Labute approximate surface area is 202 Å². The predicted molar refractivity (Wildman–Crippen MR) is 126 cm³/mol. The third-order valence-electron chi connectivity index (χ3n) is 4.26. The third-order valence-corrected chi connectivity index (χ3v) is 4.84. The van der Waals surface area contributed by atoms with Crippen molar-refractivity contribution in [2.24, 2.45) is 10.2 Å². The van der Waals surface area contributed by atoms with E-state index >= 15 is 0 Å². The summed E-state index contributed by atoms with van der Waals surface area (Å²) in [4.78, 5) is 25.1. The Hall–Kier alpha value is -3.04. The van der Waals surface area contributed by atoms with Crippen LogP contribution in [0.25, 0.3) is 0 Å². The number of amides is 1. The van der Waals surface area contributed by atoms with Gasteiger partial charge in [0.15, 0.2) is 11.5 Å². The quantitative estimate of drug-likeness (QED) is 0.324. The number of carbonyl (C=O) groups is 2. The molecule has 0 aliphatic rings. The van der Waals surface area contributed by atoms with Crippen LogP contribution in [0.1, 0.15) is 20.8 Å². The number of hydrogen-bond acceptors (Lipinski definition) is 8. The zero-order valence-corrected chi connectivity index (χ0v) is 20.4. The standard InChI is InChI=1S/C22H25Cl2N3O6/c1-6-32-17-11-16(18(33-7-2)10-14(17)23)25-22(29)20(12(3)28)26-27-21-15(24)8-13(30-4)9-19(21)31-5/h8-11,20H,6-7H2,1-5H3,(H,25,29). The highest BCUT2D eigenvalue weighted by Crippen LogP contribution is 2.40. The molecule has 11 heteroatoms. The molecule has 0 spiro atoms. The molecule has 0 aliphatic heterocycles. The number of anilines is 1. The lowest BCUT2D eigenvalue weighted by Crippen LogP contribution is -2.32. The molecule has 0 saturated carbocycles. The minimum atomic E-state index is -1.45. The van der Waals surface area contributed by atoms with Crippen molar-refractivity contribution in [3.8, 4) is 23.0 Å². The molecule has 0 heterocycles. The maximum Gasteiger partial charge on any atom is 0.258 e. The molecule has 178 valence electrons. The number of nitrogens with zero attached hydrogens (tertiary/aromatic N) is 2. The Kier molecular flexibility index (Phi) is 9.74. The molecule has 0 bridgehead atoms. The van der Waals surface area contributed by atoms with Crippen LogP contribution < -0.4 is 24.3 Å². The molecule has 0 radical (unpaired) electrons. The van der Waals surface area contributed by atoms with Gasteiger partial charge in [0.05, 0.1) is 43.2 Å². The molecule has 0 aliphatic carbocycles. The second-order valence-corrected chi connectivity index (χ2v) is 7.34. The first-order valence-electron chi connectivity index (χ1n) is 9.98. The van der Waals surface area contributed by atoms with Gasteiger partial charge >= 0.3 is 0 Å². The van der Waals surface area contributed by atoms with Gasteiger partial charge in [-0.3, -0.25) is 9.59 Å². The minimum absolute atomic E-state index is 0.152. The Morgan fingerprint density at radius 1 is 0.939 bits per heavy atom. The largest absolute Gasteiger partial charge is 0.497 e. The first-order valence-corrected chi connectivity index (χ1v) is 10.7. The first kappa shape index (κ1) is 26.2. The van der Waals surface area contributed by atoms with Crippen LogP contribution in [0, 0.1) is 0 Å². The normalized spacial score (nSPS) is 11.7. The average molecular weight is 498 g/mol. The van der Waals surface area contributed by atoms with Crippen molar-refractivity contribution < 1.29 is 28.5 Å². The van der Waals surface area contributed by atoms with Crippen molar-refractivity contribution in [2.75, 3.05) is 32.8 Å². The lowest BCUT2D eigenvalue weighted by Gasteiger charge is -2.16. The van der Waals surface area contributed by atoms with Gasteiger partial charge in [-0.05, 0) is 20.8 Å². The van der Waals surface area contributed by atoms with Crippen LogP contribution in [0.3, 0.4) is 0 Å². The fourth-order valence-electron chi connectivity index (χ4n) is 2.73. The Morgan fingerprint density at radius 3 is 2.18 bits per heavy atom. The van der Waals surface area contributed by atoms with Crippen LogP contribution in [0.15, 0.2) is 34.5 Å². The highest BCUT2D eigenvalue weighted by atomic mass is 35.5. The smallest absolute Gasteiger partial charge is 0.258 e. The van der Waals surface area contributed by atoms with Crippen molar-refractivity contribution in [1.82, 2.24) is 0 Å². The molecule has 0 fully saturated rings. The van der Waals surface area contributed by atoms with Crippen LogP contribution >= 0.6 is 23.2 Å². The van der Waals surface area contributed by atoms with E-state index in [1.54, 1.807) is 19.9 Å². The van der Waals surface area contributed by atoms with E-state index < -0.39 is 17.7 Å². The molecule has 9 nitrogen and oxygen atoms in total. The van der Waals surface area contributed by atoms with Crippen LogP contribution in [-0.4, -0.2) is 45.2 Å². The van der Waals surface area contributed by atoms with E-state index in [-0.39, 0.29) is 22.1 Å². The van der Waals surface area contributed by atoms with Crippen LogP contribution in [0.5, 0.6) is 23.0 Å². The maximum atomic E-state index is 12.9. The second-order valence-electron chi connectivity index (χ2n) is 6.52. The lowest BCUT2D eigenvalue weighted by molar-refractivity contribution is -0.126. The molecule has 2 aromatic rings. The Morgan fingerprint density at radius 2 is 1.61 bits per heavy atom. The molecule has 1 N–H and O–H groups in total. The van der Waals surface area contributed by atoms with E-state index in [1.165, 1.54) is 39.3 Å². The lowest BCUT2D eigenvalue weighted by atomic mass is 10.2. The Balaban J connectivity index is 2.37. The van der Waals surface area contributed by atoms with Crippen molar-refractivity contribution in [3.63, 3.8) is 0 Å². The SMILES string of the molecule is CCOc1cc(NC(=O)C(N=Nc2c(Cl)cc(OC)cc2OC)C(C)=O)c(OCC)cc1Cl. The van der Waals surface area contributed by atoms with Crippen molar-refractivity contribution in [2.45, 2.75) is 26.8 Å². The molecular weight excluding hydrogens is 473 g/mol. The highest BCUT2D eigenvalue weighted by Gasteiger charge is 2.25. The van der Waals surface area contributed by atoms with Gasteiger partial charge in [-0.1, -0.05) is 23.2 Å². The number of carbonyl (C=O) groups excluding carboxylic acids is 2. The van der Waals surface area contributed by atoms with E-state index in [9.17, 15) is 9.59 Å². The number of methoxy groups -OCH3 is 2. The zero-order valence-electron chi connectivity index (χ0n) is 18.9. The first-order chi connectivity index (χ1) is 15.7. The molecular formula is C22H25Cl2N3O6. The summed E-state index contributed by atoms with van der Waals surface area (Å²) in [6.07, 6.45) is 0. The summed E-state index contributed by atoms with van der Waals surface area (Å²) >= 11 is 12.4. The van der Waals surface area contributed by atoms with Gasteiger partial charge in [0.25, 0.3) is 5.91 Å². The fourth-order valence-corrected chi connectivity index (χ4v) is 3.18. The average Bonchev–Trinajstić information content (AvgIpc) is 2.77. The molecule has 1 amide bonds. The van der Waals surface area contributed by atoms with Gasteiger partial charge in [-0.25, -0.2) is 0 Å². The number of Topliss-reactive ketones (excluding diaryl/α,β-unsaturated/α-hetero) is 1. The monoisotopic (exact) mass is 497 g/mol. The topological polar surface area (TPSA) is 108 Å². The molecule has 1 unspecified atom stereocenters. The van der Waals surface area contributed by atoms with Gasteiger partial charge in [-0.2, -0.15) is 5.11 Å². The van der Waals surface area contributed by atoms with Gasteiger partial charge < -0.3 is 24.3 Å². The number of benzene rings is 2. The number of halogens is 2. The van der Waals surface area contributed by atoms with E-state index in [4.69, 9.17) is 42.1 Å². The summed E-state index contributed by atoms with van der Waals surface area (Å²) in [6.45, 7) is 5.52. The summed E-state index contributed by atoms with van der Waals surface area (Å²) in [6, 6.07) is 4.66. The number of nitrogens with one attached hydrogen (secondary N) is 1. The van der Waals surface area contributed by atoms with Gasteiger partial charge in [0.1, 0.15) is 22.9 Å². The van der Waals surface area contributed by atoms with Crippen molar-refractivity contribution >= 4 is 46.3 Å². The molecule has 33 heavy (non-hydrogen) atoms. The molecule has 0 aromatic heterocycles. The van der Waals surface area contributed by atoms with Gasteiger partial charge in [0, 0.05) is 24.3 Å². The summed E-state index contributed by atoms with van der Waals surface area (Å²) in [7, 11) is 2.90. The minimum Gasteiger partial charge on any atom is -0.497 e. The molecule has 1 atom stereocenters. The number of azo groups is 1. The van der Waals surface area contributed by atoms with Crippen molar-refractivity contribution in [1.29, 1.82) is 0 Å². The maximum absolute atomic E-state index is 12.9. The zero-order chi connectivity index (χ0) is 24.5. The van der Waals surface area contributed by atoms with E-state index in [2.05, 4.69) is 15.5 Å². The van der Waals surface area contributed by atoms with E-state index in [0.717, 1.165) is 0 Å². The van der Waals surface area contributed by atoms with Gasteiger partial charge in [-0.15, -0.1) is 5.11 Å². The predicted octanol–water partition coefficient (Wildman–Crippen LogP) is 5.49. The van der Waals surface area contributed by atoms with E-state index in [0.29, 0.717) is 35.5 Å². The fraction of sp³-hybridized carbons (Fsp3) is 0.364. The number of rotatable bonds is 11. The highest BCUT2D eigenvalue weighted by molar-refractivity contribution is 6.33. The number of ether oxygens (including phenoxy) is 4. The molecule has 0 saturated heterocycles. The summed E-state index contributed by atoms with van der Waals surface area (Å²) < 4.78 is 21.4. The second kappa shape index (κ2) is 12.3. The van der Waals surface area contributed by atoms with Gasteiger partial charge in [0.2, 0.25) is 6.04 Å². The third kappa shape index (κ3) is 6.72. The van der Waals surface area contributed by atoms with Crippen molar-refractivity contribution in [3.05, 3.63) is 34.3 Å². The van der Waals surface area contributed by atoms with Crippen LogP contribution in [-0.2, 0) is 9.59 Å². The Bertz CT molecular complexity index is 1050.